The number of rotatable bonds is 4. The number of amides is 1. The van der Waals surface area contributed by atoms with E-state index in [9.17, 15) is 4.79 Å². The smallest absolute Gasteiger partial charge is 0.255 e. The first-order valence-electron chi connectivity index (χ1n) is 6.35. The van der Waals surface area contributed by atoms with E-state index in [-0.39, 0.29) is 5.91 Å². The largest absolute Gasteiger partial charge is 0.341 e. The molecule has 0 saturated heterocycles. The van der Waals surface area contributed by atoms with Crippen LogP contribution in [0.2, 0.25) is 0 Å². The van der Waals surface area contributed by atoms with Crippen molar-refractivity contribution in [2.75, 3.05) is 13.6 Å². The Balaban J connectivity index is 2.25. The molecule has 19 heavy (non-hydrogen) atoms. The zero-order chi connectivity index (χ0) is 14.0. The van der Waals surface area contributed by atoms with Crippen molar-refractivity contribution in [1.29, 1.82) is 0 Å². The Hall–Kier alpha value is -1.69. The molecule has 0 aromatic carbocycles. The lowest BCUT2D eigenvalue weighted by Crippen LogP contribution is -2.31. The molecule has 2 heterocycles. The van der Waals surface area contributed by atoms with E-state index in [0.717, 1.165) is 13.0 Å². The minimum atomic E-state index is 0.00491. The van der Waals surface area contributed by atoms with Crippen LogP contribution in [0.15, 0.2) is 18.3 Å². The van der Waals surface area contributed by atoms with Gasteiger partial charge < -0.3 is 4.90 Å². The van der Waals surface area contributed by atoms with Gasteiger partial charge in [0.15, 0.2) is 10.4 Å². The van der Waals surface area contributed by atoms with Gasteiger partial charge in [-0.3, -0.25) is 14.3 Å². The van der Waals surface area contributed by atoms with Crippen molar-refractivity contribution in [3.63, 3.8) is 0 Å². The number of pyridine rings is 1. The van der Waals surface area contributed by atoms with Crippen LogP contribution in [0.5, 0.6) is 0 Å². The predicted octanol–water partition coefficient (Wildman–Crippen LogP) is 2.51. The van der Waals surface area contributed by atoms with Crippen LogP contribution in [0.3, 0.4) is 0 Å². The fraction of sp³-hybridized carbons (Fsp3) is 0.462. The third kappa shape index (κ3) is 2.84. The second-order valence-electron chi connectivity index (χ2n) is 4.87. The standard InChI is InChI=1S/C13H18N4OS/c1-4-9(2)7-16(3)12(18)10-5-6-11-14-15-13(19)17(11)8-10/h5-6,8-9H,4,7H2,1-3H3,(H,15,19)/t9-/m0/s1. The summed E-state index contributed by atoms with van der Waals surface area (Å²) >= 11 is 5.11. The zero-order valence-corrected chi connectivity index (χ0v) is 12.2. The lowest BCUT2D eigenvalue weighted by atomic mass is 10.1. The van der Waals surface area contributed by atoms with Gasteiger partial charge in [-0.25, -0.2) is 0 Å². The van der Waals surface area contributed by atoms with Gasteiger partial charge in [0.1, 0.15) is 0 Å². The summed E-state index contributed by atoms with van der Waals surface area (Å²) in [6, 6.07) is 3.57. The highest BCUT2D eigenvalue weighted by molar-refractivity contribution is 7.71. The van der Waals surface area contributed by atoms with Crippen LogP contribution in [0.25, 0.3) is 5.65 Å². The third-order valence-corrected chi connectivity index (χ3v) is 3.58. The van der Waals surface area contributed by atoms with Crippen molar-refractivity contribution < 1.29 is 4.79 Å². The number of nitrogens with zero attached hydrogens (tertiary/aromatic N) is 3. The molecule has 1 N–H and O–H groups in total. The Morgan fingerprint density at radius 3 is 3.00 bits per heavy atom. The quantitative estimate of drug-likeness (QED) is 0.874. The van der Waals surface area contributed by atoms with Gasteiger partial charge in [0.25, 0.3) is 5.91 Å². The minimum Gasteiger partial charge on any atom is -0.341 e. The average molecular weight is 278 g/mol. The summed E-state index contributed by atoms with van der Waals surface area (Å²) in [6.07, 6.45) is 2.79. The summed E-state index contributed by atoms with van der Waals surface area (Å²) in [5.74, 6) is 0.499. The molecule has 0 aliphatic heterocycles. The van der Waals surface area contributed by atoms with Crippen LogP contribution in [-0.2, 0) is 0 Å². The zero-order valence-electron chi connectivity index (χ0n) is 11.4. The number of aromatic nitrogens is 3. The molecule has 0 radical (unpaired) electrons. The van der Waals surface area contributed by atoms with Crippen LogP contribution in [0.4, 0.5) is 0 Å². The molecule has 2 aromatic rings. The topological polar surface area (TPSA) is 53.4 Å². The number of aromatic amines is 1. The van der Waals surface area contributed by atoms with Crippen LogP contribution >= 0.6 is 12.2 Å². The second-order valence-corrected chi connectivity index (χ2v) is 5.26. The van der Waals surface area contributed by atoms with Gasteiger partial charge in [0.05, 0.1) is 5.56 Å². The number of fused-ring (bicyclic) bond motifs is 1. The molecule has 102 valence electrons. The van der Waals surface area contributed by atoms with Crippen molar-refractivity contribution in [2.24, 2.45) is 5.92 Å². The van der Waals surface area contributed by atoms with Crippen molar-refractivity contribution >= 4 is 23.8 Å². The molecular formula is C13H18N4OS. The van der Waals surface area contributed by atoms with E-state index in [0.29, 0.717) is 21.9 Å². The van der Waals surface area contributed by atoms with Crippen molar-refractivity contribution in [2.45, 2.75) is 20.3 Å². The van der Waals surface area contributed by atoms with Gasteiger partial charge in [0.2, 0.25) is 0 Å². The third-order valence-electron chi connectivity index (χ3n) is 3.29. The summed E-state index contributed by atoms with van der Waals surface area (Å²) in [4.78, 5) is 14.1. The van der Waals surface area contributed by atoms with E-state index in [1.807, 2.05) is 7.05 Å². The molecule has 2 aromatic heterocycles. The number of hydrogen-bond donors (Lipinski definition) is 1. The predicted molar refractivity (Wildman–Crippen MR) is 76.8 cm³/mol. The van der Waals surface area contributed by atoms with Crippen LogP contribution in [0, 0.1) is 10.7 Å². The number of carbonyl (C=O) groups is 1. The second kappa shape index (κ2) is 5.52. The molecule has 6 heteroatoms. The first kappa shape index (κ1) is 13.7. The maximum Gasteiger partial charge on any atom is 0.255 e. The van der Waals surface area contributed by atoms with Gasteiger partial charge >= 0.3 is 0 Å². The van der Waals surface area contributed by atoms with Crippen LogP contribution < -0.4 is 0 Å². The maximum atomic E-state index is 12.3. The Labute approximate surface area is 117 Å². The summed E-state index contributed by atoms with van der Waals surface area (Å²) in [6.45, 7) is 5.02. The number of hydrogen-bond acceptors (Lipinski definition) is 3. The summed E-state index contributed by atoms with van der Waals surface area (Å²) in [5.41, 5.74) is 1.34. The van der Waals surface area contributed by atoms with Gasteiger partial charge in [0, 0.05) is 19.8 Å². The maximum absolute atomic E-state index is 12.3. The minimum absolute atomic E-state index is 0.00491. The Morgan fingerprint density at radius 1 is 1.58 bits per heavy atom. The summed E-state index contributed by atoms with van der Waals surface area (Å²) in [5, 5.41) is 6.75. The molecule has 0 bridgehead atoms. The van der Waals surface area contributed by atoms with E-state index in [1.165, 1.54) is 0 Å². The molecule has 0 spiro atoms. The summed E-state index contributed by atoms with van der Waals surface area (Å²) < 4.78 is 2.20. The fourth-order valence-corrected chi connectivity index (χ4v) is 2.12. The SMILES string of the molecule is CC[C@H](C)CN(C)C(=O)c1ccc2n[nH]c(=S)n2c1. The first-order chi connectivity index (χ1) is 9.02. The molecule has 5 nitrogen and oxygen atoms in total. The molecule has 0 unspecified atom stereocenters. The van der Waals surface area contributed by atoms with Gasteiger partial charge in [-0.05, 0) is 30.3 Å². The molecule has 0 fully saturated rings. The molecule has 0 aliphatic carbocycles. The normalized spacial score (nSPS) is 12.6. The number of carbonyl (C=O) groups excluding carboxylic acids is 1. The van der Waals surface area contributed by atoms with E-state index >= 15 is 0 Å². The molecule has 1 amide bonds. The highest BCUT2D eigenvalue weighted by atomic mass is 32.1. The fourth-order valence-electron chi connectivity index (χ4n) is 1.93. The Bertz CT molecular complexity index is 645. The molecular weight excluding hydrogens is 260 g/mol. The summed E-state index contributed by atoms with van der Waals surface area (Å²) in [7, 11) is 1.83. The van der Waals surface area contributed by atoms with E-state index in [2.05, 4.69) is 24.0 Å². The van der Waals surface area contributed by atoms with Gasteiger partial charge in [-0.1, -0.05) is 20.3 Å². The van der Waals surface area contributed by atoms with Gasteiger partial charge in [-0.2, -0.15) is 5.10 Å². The van der Waals surface area contributed by atoms with Crippen LogP contribution in [-0.4, -0.2) is 39.0 Å². The highest BCUT2D eigenvalue weighted by Gasteiger charge is 2.14. The number of H-pyrrole nitrogens is 1. The Morgan fingerprint density at radius 2 is 2.32 bits per heavy atom. The van der Waals surface area contributed by atoms with E-state index in [4.69, 9.17) is 12.2 Å². The van der Waals surface area contributed by atoms with Crippen LogP contribution in [0.1, 0.15) is 30.6 Å². The van der Waals surface area contributed by atoms with Crippen molar-refractivity contribution in [3.05, 3.63) is 28.7 Å². The van der Waals surface area contributed by atoms with E-state index in [1.54, 1.807) is 27.6 Å². The first-order valence-corrected chi connectivity index (χ1v) is 6.76. The molecule has 2 rings (SSSR count). The Kier molecular flexibility index (Phi) is 3.99. The lowest BCUT2D eigenvalue weighted by molar-refractivity contribution is 0.0774. The highest BCUT2D eigenvalue weighted by Crippen LogP contribution is 2.10. The average Bonchev–Trinajstić information content (AvgIpc) is 2.78. The van der Waals surface area contributed by atoms with Gasteiger partial charge in [-0.15, -0.1) is 0 Å². The lowest BCUT2D eigenvalue weighted by Gasteiger charge is -2.20. The van der Waals surface area contributed by atoms with E-state index < -0.39 is 0 Å². The molecule has 0 saturated carbocycles. The van der Waals surface area contributed by atoms with Crippen molar-refractivity contribution in [1.82, 2.24) is 19.5 Å². The van der Waals surface area contributed by atoms with Crippen molar-refractivity contribution in [3.8, 4) is 0 Å². The monoisotopic (exact) mass is 278 g/mol. The molecule has 1 atom stereocenters. The molecule has 0 aliphatic rings. The number of nitrogens with one attached hydrogen (secondary N) is 1.